The topological polar surface area (TPSA) is 62.7 Å². The van der Waals surface area contributed by atoms with Crippen LogP contribution in [0, 0.1) is 0 Å². The molecule has 0 saturated carbocycles. The minimum Gasteiger partial charge on any atom is -0.452 e. The number of hydrogen-bond acceptors (Lipinski definition) is 6. The lowest BCUT2D eigenvalue weighted by Crippen LogP contribution is -2.50. The Bertz CT molecular complexity index is 1070. The van der Waals surface area contributed by atoms with E-state index in [-0.39, 0.29) is 12.5 Å². The number of amides is 1. The normalized spacial score (nSPS) is 13.6. The zero-order valence-corrected chi connectivity index (χ0v) is 19.6. The summed E-state index contributed by atoms with van der Waals surface area (Å²) in [5.74, 6) is 1.01. The number of nitrogens with zero attached hydrogens (tertiary/aromatic N) is 3. The molecule has 4 rings (SSSR count). The second-order valence-electron chi connectivity index (χ2n) is 7.57. The van der Waals surface area contributed by atoms with E-state index in [9.17, 15) is 9.59 Å². The van der Waals surface area contributed by atoms with Crippen molar-refractivity contribution in [1.82, 2.24) is 9.88 Å². The van der Waals surface area contributed by atoms with Crippen molar-refractivity contribution >= 4 is 41.1 Å². The van der Waals surface area contributed by atoms with Crippen LogP contribution in [0.2, 0.25) is 5.02 Å². The van der Waals surface area contributed by atoms with E-state index in [2.05, 4.69) is 9.88 Å². The molecule has 2 aromatic carbocycles. The molecule has 0 bridgehead atoms. The molecule has 1 fully saturated rings. The Labute approximate surface area is 202 Å². The van der Waals surface area contributed by atoms with Crippen molar-refractivity contribution in [3.63, 3.8) is 0 Å². The molecular weight excluding hydrogens is 458 g/mol. The van der Waals surface area contributed by atoms with Crippen molar-refractivity contribution in [2.24, 2.45) is 0 Å². The van der Waals surface area contributed by atoms with Gasteiger partial charge in [-0.15, -0.1) is 11.8 Å². The average Bonchev–Trinajstić information content (AvgIpc) is 2.87. The molecule has 8 heteroatoms. The Morgan fingerprint density at radius 2 is 1.67 bits per heavy atom. The van der Waals surface area contributed by atoms with Crippen LogP contribution in [0.4, 0.5) is 5.82 Å². The Kier molecular flexibility index (Phi) is 7.86. The number of piperazine rings is 1. The second-order valence-corrected chi connectivity index (χ2v) is 9.06. The smallest absolute Gasteiger partial charge is 0.338 e. The number of rotatable bonds is 7. The summed E-state index contributed by atoms with van der Waals surface area (Å²) in [4.78, 5) is 34.2. The molecule has 0 N–H and O–H groups in total. The monoisotopic (exact) mass is 481 g/mol. The van der Waals surface area contributed by atoms with Gasteiger partial charge in [0.15, 0.2) is 6.61 Å². The van der Waals surface area contributed by atoms with E-state index in [0.29, 0.717) is 36.8 Å². The Balaban J connectivity index is 1.20. The van der Waals surface area contributed by atoms with Gasteiger partial charge in [0.25, 0.3) is 5.91 Å². The van der Waals surface area contributed by atoms with Crippen molar-refractivity contribution in [2.75, 3.05) is 37.7 Å². The number of hydrogen-bond donors (Lipinski definition) is 0. The number of aromatic nitrogens is 1. The molecule has 33 heavy (non-hydrogen) atoms. The molecule has 1 aliphatic heterocycles. The quantitative estimate of drug-likeness (QED) is 0.365. The molecule has 3 aromatic rings. The van der Waals surface area contributed by atoms with Crippen molar-refractivity contribution in [3.8, 4) is 0 Å². The van der Waals surface area contributed by atoms with Crippen LogP contribution in [0.3, 0.4) is 0 Å². The first-order valence-corrected chi connectivity index (χ1v) is 12.0. The van der Waals surface area contributed by atoms with Crippen molar-refractivity contribution < 1.29 is 14.3 Å². The van der Waals surface area contributed by atoms with Gasteiger partial charge < -0.3 is 14.5 Å². The Hall–Kier alpha value is -3.03. The molecule has 1 amide bonds. The number of thioether (sulfide) groups is 1. The number of pyridine rings is 1. The first-order chi connectivity index (χ1) is 16.1. The second kappa shape index (κ2) is 11.2. The minimum absolute atomic E-state index is 0.181. The summed E-state index contributed by atoms with van der Waals surface area (Å²) < 4.78 is 5.26. The van der Waals surface area contributed by atoms with E-state index in [1.807, 2.05) is 54.6 Å². The van der Waals surface area contributed by atoms with Gasteiger partial charge in [0, 0.05) is 48.0 Å². The highest BCUT2D eigenvalue weighted by atomic mass is 35.5. The lowest BCUT2D eigenvalue weighted by atomic mass is 10.1. The molecule has 0 aliphatic carbocycles. The summed E-state index contributed by atoms with van der Waals surface area (Å²) in [6, 6.07) is 20.7. The molecule has 2 heterocycles. The highest BCUT2D eigenvalue weighted by Crippen LogP contribution is 2.24. The van der Waals surface area contributed by atoms with E-state index < -0.39 is 5.97 Å². The molecule has 1 aromatic heterocycles. The predicted molar refractivity (Wildman–Crippen MR) is 131 cm³/mol. The van der Waals surface area contributed by atoms with E-state index in [1.165, 1.54) is 0 Å². The van der Waals surface area contributed by atoms with Gasteiger partial charge in [-0.05, 0) is 54.1 Å². The summed E-state index contributed by atoms with van der Waals surface area (Å²) in [5.41, 5.74) is 1.52. The molecule has 0 atom stereocenters. The van der Waals surface area contributed by atoms with E-state index in [4.69, 9.17) is 16.3 Å². The molecule has 0 unspecified atom stereocenters. The van der Waals surface area contributed by atoms with Crippen LogP contribution < -0.4 is 4.90 Å². The predicted octanol–water partition coefficient (Wildman–Crippen LogP) is 4.53. The third-order valence-electron chi connectivity index (χ3n) is 5.34. The van der Waals surface area contributed by atoms with Gasteiger partial charge in [-0.2, -0.15) is 0 Å². The van der Waals surface area contributed by atoms with Crippen molar-refractivity contribution in [2.45, 2.75) is 10.6 Å². The molecule has 6 nitrogen and oxygen atoms in total. The number of anilines is 1. The van der Waals surface area contributed by atoms with Gasteiger partial charge in [-0.1, -0.05) is 29.8 Å². The number of carbonyl (C=O) groups is 2. The first-order valence-electron chi connectivity index (χ1n) is 10.7. The zero-order chi connectivity index (χ0) is 23.0. The maximum Gasteiger partial charge on any atom is 0.338 e. The summed E-state index contributed by atoms with van der Waals surface area (Å²) in [7, 11) is 0. The fourth-order valence-corrected chi connectivity index (χ4v) is 4.44. The third kappa shape index (κ3) is 6.49. The van der Waals surface area contributed by atoms with Crippen LogP contribution in [0.25, 0.3) is 0 Å². The van der Waals surface area contributed by atoms with E-state index in [1.54, 1.807) is 35.0 Å². The Morgan fingerprint density at radius 3 is 2.33 bits per heavy atom. The number of carbonyl (C=O) groups excluding carboxylic acids is 2. The molecule has 0 radical (unpaired) electrons. The van der Waals surface area contributed by atoms with Gasteiger partial charge in [0.1, 0.15) is 5.82 Å². The molecular formula is C25H24ClN3O3S. The maximum absolute atomic E-state index is 12.5. The highest BCUT2D eigenvalue weighted by Gasteiger charge is 2.22. The highest BCUT2D eigenvalue weighted by molar-refractivity contribution is 7.98. The minimum atomic E-state index is -0.493. The van der Waals surface area contributed by atoms with Gasteiger partial charge in [-0.25, -0.2) is 9.78 Å². The molecule has 170 valence electrons. The van der Waals surface area contributed by atoms with E-state index in [0.717, 1.165) is 22.0 Å². The summed E-state index contributed by atoms with van der Waals surface area (Å²) in [6.07, 6.45) is 1.76. The van der Waals surface area contributed by atoms with Crippen molar-refractivity contribution in [1.29, 1.82) is 0 Å². The van der Waals surface area contributed by atoms with Crippen molar-refractivity contribution in [3.05, 3.63) is 89.1 Å². The van der Waals surface area contributed by atoms with Crippen LogP contribution in [-0.4, -0.2) is 54.5 Å². The summed E-state index contributed by atoms with van der Waals surface area (Å²) >= 11 is 7.61. The first kappa shape index (κ1) is 23.1. The van der Waals surface area contributed by atoms with Crippen LogP contribution in [-0.2, 0) is 15.3 Å². The van der Waals surface area contributed by atoms with Crippen LogP contribution in [0.1, 0.15) is 15.9 Å². The summed E-state index contributed by atoms with van der Waals surface area (Å²) in [6.45, 7) is 2.30. The number of benzene rings is 2. The van der Waals surface area contributed by atoms with Crippen LogP contribution >= 0.6 is 23.4 Å². The zero-order valence-electron chi connectivity index (χ0n) is 18.0. The molecule has 0 spiro atoms. The number of ether oxygens (including phenoxy) is 1. The molecule has 1 saturated heterocycles. The molecule has 1 aliphatic rings. The van der Waals surface area contributed by atoms with Gasteiger partial charge in [-0.3, -0.25) is 4.79 Å². The van der Waals surface area contributed by atoms with E-state index >= 15 is 0 Å². The fourth-order valence-electron chi connectivity index (χ4n) is 3.46. The van der Waals surface area contributed by atoms with Crippen LogP contribution in [0.5, 0.6) is 0 Å². The third-order valence-corrected chi connectivity index (χ3v) is 6.68. The number of esters is 1. The summed E-state index contributed by atoms with van der Waals surface area (Å²) in [5, 5.41) is 0.715. The number of halogens is 1. The van der Waals surface area contributed by atoms with Gasteiger partial charge in [0.05, 0.1) is 5.56 Å². The van der Waals surface area contributed by atoms with Crippen LogP contribution in [0.15, 0.2) is 77.8 Å². The SMILES string of the molecule is O=C(OCC(=O)N1CCN(c2ccccn2)CC1)c1ccc(CSc2ccc(Cl)cc2)cc1. The Morgan fingerprint density at radius 1 is 0.939 bits per heavy atom. The lowest BCUT2D eigenvalue weighted by molar-refractivity contribution is -0.134. The largest absolute Gasteiger partial charge is 0.452 e. The standard InChI is InChI=1S/C25H24ClN3O3S/c26-21-8-10-22(11-9-21)33-18-19-4-6-20(7-5-19)25(31)32-17-24(30)29-15-13-28(14-16-29)23-3-1-2-12-27-23/h1-12H,13-18H2. The fraction of sp³-hybridized carbons (Fsp3) is 0.240. The van der Waals surface area contributed by atoms with Gasteiger partial charge in [0.2, 0.25) is 0 Å². The lowest BCUT2D eigenvalue weighted by Gasteiger charge is -2.35. The van der Waals surface area contributed by atoms with Gasteiger partial charge >= 0.3 is 5.97 Å². The average molecular weight is 482 g/mol. The maximum atomic E-state index is 12.5.